The summed E-state index contributed by atoms with van der Waals surface area (Å²) in [6, 6.07) is 2.40. The van der Waals surface area contributed by atoms with Gasteiger partial charge in [0.1, 0.15) is 5.82 Å². The molecular weight excluding hydrogens is 322 g/mol. The average molecular weight is 342 g/mol. The van der Waals surface area contributed by atoms with Crippen LogP contribution in [0.4, 0.5) is 10.6 Å². The summed E-state index contributed by atoms with van der Waals surface area (Å²) in [5, 5.41) is 3.46. The Morgan fingerprint density at radius 2 is 2.25 bits per heavy atom. The summed E-state index contributed by atoms with van der Waals surface area (Å²) in [5.74, 6) is 0.919. The van der Waals surface area contributed by atoms with Crippen LogP contribution in [0.2, 0.25) is 0 Å². The van der Waals surface area contributed by atoms with Crippen LogP contribution in [-0.4, -0.2) is 41.7 Å². The van der Waals surface area contributed by atoms with E-state index < -0.39 is 0 Å². The maximum atomic E-state index is 11.6. The van der Waals surface area contributed by atoms with E-state index in [1.165, 1.54) is 0 Å². The molecule has 5 nitrogen and oxygen atoms in total. The Hall–Kier alpha value is -1.30. The normalized spacial score (nSPS) is 16.1. The van der Waals surface area contributed by atoms with Crippen molar-refractivity contribution in [1.82, 2.24) is 9.88 Å². The highest BCUT2D eigenvalue weighted by atomic mass is 79.9. The molecule has 0 unspecified atom stereocenters. The molecule has 2 rings (SSSR count). The monoisotopic (exact) mass is 341 g/mol. The van der Waals surface area contributed by atoms with Crippen LogP contribution in [0.25, 0.3) is 0 Å². The van der Waals surface area contributed by atoms with Gasteiger partial charge in [-0.15, -0.1) is 0 Å². The van der Waals surface area contributed by atoms with Crippen LogP contribution in [0.1, 0.15) is 25.3 Å². The summed E-state index contributed by atoms with van der Waals surface area (Å²) in [4.78, 5) is 17.8. The number of rotatable bonds is 3. The van der Waals surface area contributed by atoms with Crippen molar-refractivity contribution in [2.24, 2.45) is 0 Å². The number of hydrogen-bond donors (Lipinski definition) is 1. The van der Waals surface area contributed by atoms with E-state index in [9.17, 15) is 4.79 Å². The van der Waals surface area contributed by atoms with E-state index in [-0.39, 0.29) is 6.09 Å². The largest absolute Gasteiger partial charge is 0.450 e. The molecule has 0 bridgehead atoms. The molecule has 0 atom stereocenters. The van der Waals surface area contributed by atoms with Gasteiger partial charge in [-0.05, 0) is 54.2 Å². The summed E-state index contributed by atoms with van der Waals surface area (Å²) in [6.07, 6.45) is 3.42. The zero-order valence-electron chi connectivity index (χ0n) is 11.9. The number of nitrogens with one attached hydrogen (secondary N) is 1. The van der Waals surface area contributed by atoms with Crippen LogP contribution in [0, 0.1) is 6.92 Å². The van der Waals surface area contributed by atoms with E-state index in [1.807, 2.05) is 19.9 Å². The maximum Gasteiger partial charge on any atom is 0.409 e. The molecule has 20 heavy (non-hydrogen) atoms. The van der Waals surface area contributed by atoms with E-state index >= 15 is 0 Å². The van der Waals surface area contributed by atoms with Gasteiger partial charge in [0.05, 0.1) is 6.61 Å². The second kappa shape index (κ2) is 6.92. The van der Waals surface area contributed by atoms with Crippen molar-refractivity contribution < 1.29 is 9.53 Å². The third-order valence-electron chi connectivity index (χ3n) is 3.41. The minimum atomic E-state index is -0.205. The van der Waals surface area contributed by atoms with E-state index in [2.05, 4.69) is 26.2 Å². The molecule has 1 N–H and O–H groups in total. The molecule has 1 saturated heterocycles. The van der Waals surface area contributed by atoms with E-state index in [0.29, 0.717) is 12.6 Å². The minimum Gasteiger partial charge on any atom is -0.450 e. The first-order chi connectivity index (χ1) is 9.60. The standard InChI is InChI=1S/C14H20BrN3O2/c1-3-20-14(19)18-6-4-12(5-7-18)17-13-10(2)8-11(15)9-16-13/h8-9,12H,3-7H2,1-2H3,(H,16,17). The third-order valence-corrected chi connectivity index (χ3v) is 3.84. The van der Waals surface area contributed by atoms with Crippen molar-refractivity contribution >= 4 is 27.8 Å². The maximum absolute atomic E-state index is 11.6. The molecule has 0 aromatic carbocycles. The topological polar surface area (TPSA) is 54.5 Å². The van der Waals surface area contributed by atoms with Crippen molar-refractivity contribution in [2.75, 3.05) is 25.0 Å². The molecule has 1 amide bonds. The Morgan fingerprint density at radius 3 is 2.85 bits per heavy atom. The number of hydrogen-bond acceptors (Lipinski definition) is 4. The van der Waals surface area contributed by atoms with Gasteiger partial charge in [-0.1, -0.05) is 0 Å². The van der Waals surface area contributed by atoms with E-state index in [1.54, 1.807) is 11.1 Å². The van der Waals surface area contributed by atoms with Gasteiger partial charge < -0.3 is 15.0 Å². The summed E-state index contributed by atoms with van der Waals surface area (Å²) in [7, 11) is 0. The molecule has 0 spiro atoms. The number of piperidine rings is 1. The lowest BCUT2D eigenvalue weighted by Gasteiger charge is -2.32. The van der Waals surface area contributed by atoms with Gasteiger partial charge in [-0.3, -0.25) is 0 Å². The van der Waals surface area contributed by atoms with Crippen molar-refractivity contribution in [3.8, 4) is 0 Å². The molecule has 2 heterocycles. The van der Waals surface area contributed by atoms with Gasteiger partial charge in [-0.25, -0.2) is 9.78 Å². The molecule has 1 fully saturated rings. The van der Waals surface area contributed by atoms with Crippen LogP contribution in [0.15, 0.2) is 16.7 Å². The van der Waals surface area contributed by atoms with E-state index in [4.69, 9.17) is 4.74 Å². The lowest BCUT2D eigenvalue weighted by atomic mass is 10.1. The number of nitrogens with zero attached hydrogens (tertiary/aromatic N) is 2. The summed E-state index contributed by atoms with van der Waals surface area (Å²) in [5.41, 5.74) is 1.12. The molecule has 6 heteroatoms. The summed E-state index contributed by atoms with van der Waals surface area (Å²) >= 11 is 3.41. The lowest BCUT2D eigenvalue weighted by molar-refractivity contribution is 0.0983. The SMILES string of the molecule is CCOC(=O)N1CCC(Nc2ncc(Br)cc2C)CC1. The van der Waals surface area contributed by atoms with Crippen molar-refractivity contribution in [3.63, 3.8) is 0 Å². The predicted molar refractivity (Wildman–Crippen MR) is 81.9 cm³/mol. The van der Waals surface area contributed by atoms with Crippen molar-refractivity contribution in [3.05, 3.63) is 22.3 Å². The zero-order valence-corrected chi connectivity index (χ0v) is 13.4. The molecule has 1 aromatic heterocycles. The van der Waals surface area contributed by atoms with Gasteiger partial charge in [0.15, 0.2) is 0 Å². The Labute approximate surface area is 127 Å². The van der Waals surface area contributed by atoms with Gasteiger partial charge in [0.25, 0.3) is 0 Å². The van der Waals surface area contributed by atoms with Crippen molar-refractivity contribution in [2.45, 2.75) is 32.7 Å². The van der Waals surface area contributed by atoms with Gasteiger partial charge in [-0.2, -0.15) is 0 Å². The molecule has 0 aliphatic carbocycles. The molecule has 1 aliphatic heterocycles. The first-order valence-corrected chi connectivity index (χ1v) is 7.70. The second-order valence-electron chi connectivity index (χ2n) is 4.92. The summed E-state index contributed by atoms with van der Waals surface area (Å²) < 4.78 is 6.00. The van der Waals surface area contributed by atoms with Crippen LogP contribution >= 0.6 is 15.9 Å². The van der Waals surface area contributed by atoms with Crippen LogP contribution < -0.4 is 5.32 Å². The van der Waals surface area contributed by atoms with Crippen molar-refractivity contribution in [1.29, 1.82) is 0 Å². The number of amides is 1. The number of aryl methyl sites for hydroxylation is 1. The van der Waals surface area contributed by atoms with Crippen LogP contribution in [0.3, 0.4) is 0 Å². The van der Waals surface area contributed by atoms with Crippen LogP contribution in [-0.2, 0) is 4.74 Å². The third kappa shape index (κ3) is 3.85. The molecule has 1 aliphatic rings. The molecular formula is C14H20BrN3O2. The molecule has 0 saturated carbocycles. The number of carbonyl (C=O) groups excluding carboxylic acids is 1. The fourth-order valence-corrected chi connectivity index (χ4v) is 2.75. The average Bonchev–Trinajstić information content (AvgIpc) is 2.43. The Bertz CT molecular complexity index is 473. The Morgan fingerprint density at radius 1 is 1.55 bits per heavy atom. The lowest BCUT2D eigenvalue weighted by Crippen LogP contribution is -2.42. The fourth-order valence-electron chi connectivity index (χ4n) is 2.31. The zero-order chi connectivity index (χ0) is 14.5. The first-order valence-electron chi connectivity index (χ1n) is 6.90. The minimum absolute atomic E-state index is 0.205. The number of ether oxygens (including phenoxy) is 1. The molecule has 0 radical (unpaired) electrons. The highest BCUT2D eigenvalue weighted by Crippen LogP contribution is 2.20. The van der Waals surface area contributed by atoms with Crippen LogP contribution in [0.5, 0.6) is 0 Å². The number of pyridine rings is 1. The Balaban J connectivity index is 1.86. The predicted octanol–water partition coefficient (Wildman–Crippen LogP) is 3.19. The molecule has 110 valence electrons. The number of halogens is 1. The van der Waals surface area contributed by atoms with E-state index in [0.717, 1.165) is 41.8 Å². The second-order valence-corrected chi connectivity index (χ2v) is 5.84. The first kappa shape index (κ1) is 15.1. The number of likely N-dealkylation sites (tertiary alicyclic amines) is 1. The van der Waals surface area contributed by atoms with Gasteiger partial charge in [0.2, 0.25) is 0 Å². The van der Waals surface area contributed by atoms with Gasteiger partial charge >= 0.3 is 6.09 Å². The Kier molecular flexibility index (Phi) is 5.23. The quantitative estimate of drug-likeness (QED) is 0.917. The number of aromatic nitrogens is 1. The smallest absolute Gasteiger partial charge is 0.409 e. The van der Waals surface area contributed by atoms with Gasteiger partial charge in [0, 0.05) is 29.8 Å². The highest BCUT2D eigenvalue weighted by molar-refractivity contribution is 9.10. The number of anilines is 1. The number of carbonyl (C=O) groups is 1. The molecule has 1 aromatic rings. The summed E-state index contributed by atoms with van der Waals surface area (Å²) in [6.45, 7) is 5.75. The fraction of sp³-hybridized carbons (Fsp3) is 0.571. The highest BCUT2D eigenvalue weighted by Gasteiger charge is 2.23.